The Kier molecular flexibility index (Phi) is 4.66. The fourth-order valence-corrected chi connectivity index (χ4v) is 2.18. The lowest BCUT2D eigenvalue weighted by atomic mass is 9.77. The molecule has 4 heteroatoms. The van der Waals surface area contributed by atoms with Crippen molar-refractivity contribution in [2.75, 3.05) is 27.2 Å². The molecule has 17 heavy (non-hydrogen) atoms. The molecule has 1 atom stereocenters. The molecule has 0 aliphatic carbocycles. The van der Waals surface area contributed by atoms with E-state index in [9.17, 15) is 9.90 Å². The van der Waals surface area contributed by atoms with E-state index < -0.39 is 11.3 Å². The molecule has 1 amide bonds. The van der Waals surface area contributed by atoms with Crippen LogP contribution in [0.2, 0.25) is 0 Å². The third-order valence-corrected chi connectivity index (χ3v) is 2.82. The van der Waals surface area contributed by atoms with E-state index >= 15 is 0 Å². The van der Waals surface area contributed by atoms with Crippen molar-refractivity contribution < 1.29 is 9.90 Å². The third-order valence-electron chi connectivity index (χ3n) is 2.82. The monoisotopic (exact) mass is 236 g/mol. The predicted molar refractivity (Wildman–Crippen MR) is 67.6 cm³/mol. The van der Waals surface area contributed by atoms with Crippen LogP contribution in [0.15, 0.2) is 30.3 Å². The van der Waals surface area contributed by atoms with Gasteiger partial charge in [-0.3, -0.25) is 4.79 Å². The first kappa shape index (κ1) is 13.7. The maximum Gasteiger partial charge on any atom is 0.218 e. The smallest absolute Gasteiger partial charge is 0.218 e. The molecule has 0 aliphatic rings. The Morgan fingerprint density at radius 3 is 2.35 bits per heavy atom. The van der Waals surface area contributed by atoms with Gasteiger partial charge in [-0.15, -0.1) is 0 Å². The van der Waals surface area contributed by atoms with Gasteiger partial charge in [0, 0.05) is 18.4 Å². The number of carbonyl (C=O) groups excluding carboxylic acids is 1. The lowest BCUT2D eigenvalue weighted by Crippen LogP contribution is -2.44. The van der Waals surface area contributed by atoms with E-state index in [1.165, 1.54) is 0 Å². The van der Waals surface area contributed by atoms with Gasteiger partial charge in [0.15, 0.2) is 0 Å². The second-order valence-corrected chi connectivity index (χ2v) is 4.69. The zero-order valence-corrected chi connectivity index (χ0v) is 10.4. The lowest BCUT2D eigenvalue weighted by Gasteiger charge is -2.34. The van der Waals surface area contributed by atoms with Crippen LogP contribution in [0.5, 0.6) is 0 Å². The number of aliphatic hydroxyl groups is 1. The average Bonchev–Trinajstić information content (AvgIpc) is 2.28. The Morgan fingerprint density at radius 2 is 1.94 bits per heavy atom. The molecule has 0 spiro atoms. The normalized spacial score (nSPS) is 14.6. The summed E-state index contributed by atoms with van der Waals surface area (Å²) in [5.41, 5.74) is 5.62. The number of aliphatic hydroxyl groups excluding tert-OH is 1. The number of amides is 1. The number of carbonyl (C=O) groups is 1. The maximum atomic E-state index is 11.2. The van der Waals surface area contributed by atoms with Crippen molar-refractivity contribution >= 4 is 5.91 Å². The van der Waals surface area contributed by atoms with Gasteiger partial charge in [-0.05, 0) is 19.7 Å². The van der Waals surface area contributed by atoms with Crippen molar-refractivity contribution in [3.8, 4) is 0 Å². The van der Waals surface area contributed by atoms with Crippen molar-refractivity contribution in [1.29, 1.82) is 0 Å². The van der Waals surface area contributed by atoms with E-state index in [0.717, 1.165) is 5.56 Å². The number of nitrogens with zero attached hydrogens (tertiary/aromatic N) is 1. The number of nitrogens with two attached hydrogens (primary N) is 1. The molecule has 1 aromatic carbocycles. The van der Waals surface area contributed by atoms with E-state index in [2.05, 4.69) is 0 Å². The van der Waals surface area contributed by atoms with Crippen LogP contribution in [-0.2, 0) is 10.2 Å². The molecule has 3 N–H and O–H groups in total. The van der Waals surface area contributed by atoms with Gasteiger partial charge in [0.2, 0.25) is 5.91 Å². The van der Waals surface area contributed by atoms with Crippen molar-refractivity contribution in [3.05, 3.63) is 35.9 Å². The molecule has 0 aromatic heterocycles. The standard InChI is InChI=1S/C13H20N2O2/c1-15(2)9-13(10-16,8-12(14)17)11-6-4-3-5-7-11/h3-7,16H,8-10H2,1-2H3,(H2,14,17). The first-order valence-electron chi connectivity index (χ1n) is 5.59. The number of likely N-dealkylation sites (N-methyl/N-ethyl adjacent to an activating group) is 1. The highest BCUT2D eigenvalue weighted by Crippen LogP contribution is 2.28. The molecule has 0 bridgehead atoms. The molecule has 0 radical (unpaired) electrons. The summed E-state index contributed by atoms with van der Waals surface area (Å²) in [4.78, 5) is 13.2. The van der Waals surface area contributed by atoms with Gasteiger partial charge in [-0.2, -0.15) is 0 Å². The number of primary amides is 1. The minimum Gasteiger partial charge on any atom is -0.395 e. The van der Waals surface area contributed by atoms with E-state index in [0.29, 0.717) is 6.54 Å². The summed E-state index contributed by atoms with van der Waals surface area (Å²) in [7, 11) is 3.82. The number of rotatable bonds is 6. The lowest BCUT2D eigenvalue weighted by molar-refractivity contribution is -0.119. The zero-order chi connectivity index (χ0) is 12.9. The van der Waals surface area contributed by atoms with Gasteiger partial charge in [0.05, 0.1) is 6.61 Å². The van der Waals surface area contributed by atoms with E-state index in [4.69, 9.17) is 5.73 Å². The summed E-state index contributed by atoms with van der Waals surface area (Å²) < 4.78 is 0. The average molecular weight is 236 g/mol. The summed E-state index contributed by atoms with van der Waals surface area (Å²) in [5, 5.41) is 9.69. The van der Waals surface area contributed by atoms with Crippen LogP contribution in [-0.4, -0.2) is 43.2 Å². The second-order valence-electron chi connectivity index (χ2n) is 4.69. The predicted octanol–water partition coefficient (Wildman–Crippen LogP) is 0.354. The molecule has 0 heterocycles. The Balaban J connectivity index is 3.10. The number of benzene rings is 1. The van der Waals surface area contributed by atoms with Crippen LogP contribution in [0.1, 0.15) is 12.0 Å². The molecule has 0 saturated carbocycles. The summed E-state index contributed by atoms with van der Waals surface area (Å²) in [5.74, 6) is -0.398. The third kappa shape index (κ3) is 3.54. The van der Waals surface area contributed by atoms with Crippen LogP contribution in [0.25, 0.3) is 0 Å². The molecule has 1 rings (SSSR count). The Labute approximate surface area is 102 Å². The highest BCUT2D eigenvalue weighted by Gasteiger charge is 2.34. The Bertz CT molecular complexity index is 365. The molecule has 0 fully saturated rings. The van der Waals surface area contributed by atoms with Crippen molar-refractivity contribution in [2.24, 2.45) is 5.73 Å². The number of hydrogen-bond donors (Lipinski definition) is 2. The number of hydrogen-bond acceptors (Lipinski definition) is 3. The van der Waals surface area contributed by atoms with Gasteiger partial charge in [-0.1, -0.05) is 30.3 Å². The Hall–Kier alpha value is -1.39. The molecular weight excluding hydrogens is 216 g/mol. The minimum absolute atomic E-state index is 0.0991. The van der Waals surface area contributed by atoms with E-state index in [1.54, 1.807) is 0 Å². The fourth-order valence-electron chi connectivity index (χ4n) is 2.18. The molecule has 4 nitrogen and oxygen atoms in total. The van der Waals surface area contributed by atoms with E-state index in [1.807, 2.05) is 49.3 Å². The molecular formula is C13H20N2O2. The summed E-state index contributed by atoms with van der Waals surface area (Å²) in [6.45, 7) is 0.481. The van der Waals surface area contributed by atoms with Crippen LogP contribution >= 0.6 is 0 Å². The van der Waals surface area contributed by atoms with Crippen LogP contribution in [0.3, 0.4) is 0 Å². The van der Waals surface area contributed by atoms with Gasteiger partial charge in [0.25, 0.3) is 0 Å². The van der Waals surface area contributed by atoms with Gasteiger partial charge < -0.3 is 15.7 Å². The van der Waals surface area contributed by atoms with E-state index in [-0.39, 0.29) is 13.0 Å². The summed E-state index contributed by atoms with van der Waals surface area (Å²) in [6, 6.07) is 9.55. The molecule has 0 saturated heterocycles. The quantitative estimate of drug-likeness (QED) is 0.749. The molecule has 1 unspecified atom stereocenters. The first-order chi connectivity index (χ1) is 8.00. The van der Waals surface area contributed by atoms with Crippen molar-refractivity contribution in [3.63, 3.8) is 0 Å². The van der Waals surface area contributed by atoms with Gasteiger partial charge >= 0.3 is 0 Å². The van der Waals surface area contributed by atoms with Gasteiger partial charge in [-0.25, -0.2) is 0 Å². The highest BCUT2D eigenvalue weighted by atomic mass is 16.3. The fraction of sp³-hybridized carbons (Fsp3) is 0.462. The first-order valence-corrected chi connectivity index (χ1v) is 5.59. The summed E-state index contributed by atoms with van der Waals surface area (Å²) >= 11 is 0. The van der Waals surface area contributed by atoms with Crippen molar-refractivity contribution in [2.45, 2.75) is 11.8 Å². The molecule has 94 valence electrons. The van der Waals surface area contributed by atoms with Crippen LogP contribution in [0.4, 0.5) is 0 Å². The second kappa shape index (κ2) is 5.80. The SMILES string of the molecule is CN(C)CC(CO)(CC(N)=O)c1ccccc1. The molecule has 0 aliphatic heterocycles. The Morgan fingerprint density at radius 1 is 1.35 bits per heavy atom. The van der Waals surface area contributed by atoms with Gasteiger partial charge in [0.1, 0.15) is 0 Å². The highest BCUT2D eigenvalue weighted by molar-refractivity contribution is 5.75. The van der Waals surface area contributed by atoms with Crippen molar-refractivity contribution in [1.82, 2.24) is 4.90 Å². The van der Waals surface area contributed by atoms with Crippen LogP contribution in [0, 0.1) is 0 Å². The molecule has 1 aromatic rings. The van der Waals surface area contributed by atoms with Crippen LogP contribution < -0.4 is 5.73 Å². The largest absolute Gasteiger partial charge is 0.395 e. The summed E-state index contributed by atoms with van der Waals surface area (Å²) in [6.07, 6.45) is 0.145. The topological polar surface area (TPSA) is 66.6 Å². The minimum atomic E-state index is -0.614. The maximum absolute atomic E-state index is 11.2. The zero-order valence-electron chi connectivity index (χ0n) is 10.4.